The van der Waals surface area contributed by atoms with Crippen LogP contribution in [-0.2, 0) is 11.3 Å². The molecule has 0 radical (unpaired) electrons. The second-order valence-electron chi connectivity index (χ2n) is 6.88. The molecule has 1 aliphatic rings. The number of carbonyl (C=O) groups excluding carboxylic acids is 3. The van der Waals surface area contributed by atoms with Crippen molar-refractivity contribution in [2.24, 2.45) is 0 Å². The number of fused-ring (bicyclic) bond motifs is 1. The molecule has 160 valence electrons. The first-order chi connectivity index (χ1) is 15.4. The number of nitro groups is 1. The highest BCUT2D eigenvalue weighted by molar-refractivity contribution is 6.35. The Kier molecular flexibility index (Phi) is 5.38. The SMILES string of the molecule is COc1ccccc1N1C(=O)c2ccc(C(=O)OCc3cccc([N+](=O)[O-])c3)cc2C1=O. The second-order valence-corrected chi connectivity index (χ2v) is 6.88. The number of hydrogen-bond acceptors (Lipinski definition) is 7. The molecule has 1 heterocycles. The van der Waals surface area contributed by atoms with Crippen molar-refractivity contribution in [1.82, 2.24) is 0 Å². The molecule has 2 amide bonds. The lowest BCUT2D eigenvalue weighted by molar-refractivity contribution is -0.384. The van der Waals surface area contributed by atoms with Gasteiger partial charge in [-0.3, -0.25) is 19.7 Å². The lowest BCUT2D eigenvalue weighted by atomic mass is 10.1. The average molecular weight is 432 g/mol. The summed E-state index contributed by atoms with van der Waals surface area (Å²) in [5.41, 5.74) is 0.953. The fourth-order valence-corrected chi connectivity index (χ4v) is 3.39. The van der Waals surface area contributed by atoms with Crippen molar-refractivity contribution in [2.45, 2.75) is 6.61 Å². The van der Waals surface area contributed by atoms with E-state index in [0.717, 1.165) is 4.90 Å². The lowest BCUT2D eigenvalue weighted by Gasteiger charge is -2.16. The fraction of sp³-hybridized carbons (Fsp3) is 0.0870. The molecule has 4 rings (SSSR count). The minimum Gasteiger partial charge on any atom is -0.495 e. The van der Waals surface area contributed by atoms with Crippen LogP contribution in [0, 0.1) is 10.1 Å². The molecule has 0 atom stereocenters. The molecule has 9 heteroatoms. The molecule has 0 bridgehead atoms. The van der Waals surface area contributed by atoms with Crippen LogP contribution in [-0.4, -0.2) is 29.8 Å². The largest absolute Gasteiger partial charge is 0.495 e. The average Bonchev–Trinajstić information content (AvgIpc) is 3.06. The minimum atomic E-state index is -0.727. The third kappa shape index (κ3) is 3.67. The maximum Gasteiger partial charge on any atom is 0.338 e. The number of non-ortho nitro benzene ring substituents is 1. The second kappa shape index (κ2) is 8.31. The van der Waals surface area contributed by atoms with Gasteiger partial charge in [-0.1, -0.05) is 24.3 Å². The zero-order valence-electron chi connectivity index (χ0n) is 16.8. The summed E-state index contributed by atoms with van der Waals surface area (Å²) < 4.78 is 10.5. The van der Waals surface area contributed by atoms with E-state index in [0.29, 0.717) is 17.0 Å². The lowest BCUT2D eigenvalue weighted by Crippen LogP contribution is -2.29. The zero-order valence-corrected chi connectivity index (χ0v) is 16.8. The highest BCUT2D eigenvalue weighted by atomic mass is 16.6. The molecule has 3 aromatic rings. The normalized spacial score (nSPS) is 12.5. The highest BCUT2D eigenvalue weighted by Gasteiger charge is 2.38. The van der Waals surface area contributed by atoms with Crippen LogP contribution < -0.4 is 9.64 Å². The van der Waals surface area contributed by atoms with Gasteiger partial charge in [0.1, 0.15) is 12.4 Å². The fourth-order valence-electron chi connectivity index (χ4n) is 3.39. The van der Waals surface area contributed by atoms with Gasteiger partial charge in [-0.25, -0.2) is 9.69 Å². The number of benzene rings is 3. The van der Waals surface area contributed by atoms with Crippen LogP contribution in [0.2, 0.25) is 0 Å². The van der Waals surface area contributed by atoms with Crippen molar-refractivity contribution < 1.29 is 28.8 Å². The summed E-state index contributed by atoms with van der Waals surface area (Å²) in [5, 5.41) is 10.9. The summed E-state index contributed by atoms with van der Waals surface area (Å²) in [7, 11) is 1.44. The van der Waals surface area contributed by atoms with Crippen LogP contribution >= 0.6 is 0 Å². The Hall–Kier alpha value is -4.53. The third-order valence-electron chi connectivity index (χ3n) is 4.94. The molecule has 0 aliphatic carbocycles. The number of carbonyl (C=O) groups is 3. The number of nitrogens with zero attached hydrogens (tertiary/aromatic N) is 2. The van der Waals surface area contributed by atoms with Crippen LogP contribution in [0.15, 0.2) is 66.7 Å². The summed E-state index contributed by atoms with van der Waals surface area (Å²) in [6, 6.07) is 16.5. The van der Waals surface area contributed by atoms with Crippen LogP contribution in [0.4, 0.5) is 11.4 Å². The molecule has 9 nitrogen and oxygen atoms in total. The molecule has 1 aliphatic heterocycles. The van der Waals surface area contributed by atoms with E-state index < -0.39 is 22.7 Å². The van der Waals surface area contributed by atoms with Crippen LogP contribution in [0.3, 0.4) is 0 Å². The van der Waals surface area contributed by atoms with Gasteiger partial charge in [-0.05, 0) is 35.9 Å². The number of hydrogen-bond donors (Lipinski definition) is 0. The zero-order chi connectivity index (χ0) is 22.8. The molecule has 3 aromatic carbocycles. The first kappa shape index (κ1) is 20.7. The summed E-state index contributed by atoms with van der Waals surface area (Å²) in [6.07, 6.45) is 0. The number of methoxy groups -OCH3 is 1. The van der Waals surface area contributed by atoms with Crippen LogP contribution in [0.1, 0.15) is 36.6 Å². The molecule has 0 saturated heterocycles. The monoisotopic (exact) mass is 432 g/mol. The maximum absolute atomic E-state index is 13.0. The van der Waals surface area contributed by atoms with E-state index in [1.54, 1.807) is 30.3 Å². The van der Waals surface area contributed by atoms with Gasteiger partial charge in [0.25, 0.3) is 17.5 Å². The summed E-state index contributed by atoms with van der Waals surface area (Å²) in [4.78, 5) is 49.6. The van der Waals surface area contributed by atoms with E-state index in [2.05, 4.69) is 0 Å². The molecule has 0 N–H and O–H groups in total. The number of anilines is 1. The molecule has 0 spiro atoms. The molecule has 32 heavy (non-hydrogen) atoms. The number of ether oxygens (including phenoxy) is 2. The number of amides is 2. The van der Waals surface area contributed by atoms with Crippen molar-refractivity contribution in [3.63, 3.8) is 0 Å². The molecular weight excluding hydrogens is 416 g/mol. The van der Waals surface area contributed by atoms with Crippen LogP contribution in [0.5, 0.6) is 5.75 Å². The predicted octanol–water partition coefficient (Wildman–Crippen LogP) is 3.76. The van der Waals surface area contributed by atoms with Gasteiger partial charge < -0.3 is 9.47 Å². The standard InChI is InChI=1S/C23H16N2O7/c1-31-20-8-3-2-7-19(20)24-21(26)17-10-9-15(12-18(17)22(24)27)23(28)32-13-14-5-4-6-16(11-14)25(29)30/h2-12H,13H2,1H3. The van der Waals surface area contributed by atoms with Crippen molar-refractivity contribution in [1.29, 1.82) is 0 Å². The minimum absolute atomic E-state index is 0.0747. The van der Waals surface area contributed by atoms with Crippen molar-refractivity contribution in [2.75, 3.05) is 12.0 Å². The van der Waals surface area contributed by atoms with Crippen molar-refractivity contribution in [3.8, 4) is 5.75 Å². The Balaban J connectivity index is 1.55. The Morgan fingerprint density at radius 3 is 2.47 bits per heavy atom. The van der Waals surface area contributed by atoms with Crippen molar-refractivity contribution >= 4 is 29.2 Å². The molecule has 0 fully saturated rings. The molecule has 0 saturated carbocycles. The Bertz CT molecular complexity index is 1270. The predicted molar refractivity (Wildman–Crippen MR) is 113 cm³/mol. The van der Waals surface area contributed by atoms with Crippen LogP contribution in [0.25, 0.3) is 0 Å². The third-order valence-corrected chi connectivity index (χ3v) is 4.94. The number of imide groups is 1. The Morgan fingerprint density at radius 2 is 1.72 bits per heavy atom. The van der Waals surface area contributed by atoms with E-state index in [4.69, 9.17) is 9.47 Å². The number of nitro benzene ring substituents is 1. The molecule has 0 unspecified atom stereocenters. The maximum atomic E-state index is 13.0. The first-order valence-corrected chi connectivity index (χ1v) is 9.47. The first-order valence-electron chi connectivity index (χ1n) is 9.47. The van der Waals surface area contributed by atoms with Crippen molar-refractivity contribution in [3.05, 3.63) is 99.1 Å². The topological polar surface area (TPSA) is 116 Å². The van der Waals surface area contributed by atoms with Gasteiger partial charge in [-0.15, -0.1) is 0 Å². The van der Waals surface area contributed by atoms with E-state index in [9.17, 15) is 24.5 Å². The van der Waals surface area contributed by atoms with Gasteiger partial charge in [0.05, 0.1) is 34.4 Å². The summed E-state index contributed by atoms with van der Waals surface area (Å²) in [5.74, 6) is -1.47. The van der Waals surface area contributed by atoms with Gasteiger partial charge in [0, 0.05) is 12.1 Å². The summed E-state index contributed by atoms with van der Waals surface area (Å²) in [6.45, 7) is -0.183. The smallest absolute Gasteiger partial charge is 0.338 e. The van der Waals surface area contributed by atoms with Gasteiger partial charge in [0.15, 0.2) is 0 Å². The number of para-hydroxylation sites is 2. The van der Waals surface area contributed by atoms with Gasteiger partial charge in [-0.2, -0.15) is 0 Å². The van der Waals surface area contributed by atoms with E-state index in [1.165, 1.54) is 43.5 Å². The van der Waals surface area contributed by atoms with Gasteiger partial charge >= 0.3 is 5.97 Å². The Labute approximate surface area is 181 Å². The molecule has 0 aromatic heterocycles. The quantitative estimate of drug-likeness (QED) is 0.252. The number of rotatable bonds is 6. The Morgan fingerprint density at radius 1 is 0.969 bits per heavy atom. The highest BCUT2D eigenvalue weighted by Crippen LogP contribution is 2.35. The van der Waals surface area contributed by atoms with E-state index in [1.807, 2.05) is 0 Å². The van der Waals surface area contributed by atoms with E-state index >= 15 is 0 Å². The number of esters is 1. The van der Waals surface area contributed by atoms with Gasteiger partial charge in [0.2, 0.25) is 0 Å². The van der Waals surface area contributed by atoms with E-state index in [-0.39, 0.29) is 29.0 Å². The summed E-state index contributed by atoms with van der Waals surface area (Å²) >= 11 is 0. The molecular formula is C23H16N2O7.